The van der Waals surface area contributed by atoms with Gasteiger partial charge in [-0.05, 0) is 0 Å². The van der Waals surface area contributed by atoms with Gasteiger partial charge in [-0.3, -0.25) is 4.90 Å². The van der Waals surface area contributed by atoms with Crippen molar-refractivity contribution in [2.45, 2.75) is 6.04 Å². The standard InChI is InChI=1S/C9H10Cl2N4O2/c10-1-6(11)2-14-3-7(4-14)15-5-8(9(16)17)12-13-15/h1,5,7H,2-4H2,(H,16,17). The average molecular weight is 277 g/mol. The summed E-state index contributed by atoms with van der Waals surface area (Å²) < 4.78 is 1.57. The van der Waals surface area contributed by atoms with Crippen LogP contribution in [-0.2, 0) is 0 Å². The number of rotatable bonds is 4. The van der Waals surface area contributed by atoms with Gasteiger partial charge in [0, 0.05) is 30.2 Å². The van der Waals surface area contributed by atoms with Crippen molar-refractivity contribution in [3.63, 3.8) is 0 Å². The van der Waals surface area contributed by atoms with Crippen molar-refractivity contribution in [2.24, 2.45) is 0 Å². The van der Waals surface area contributed by atoms with Crippen LogP contribution in [0.2, 0.25) is 0 Å². The normalized spacial score (nSPS) is 18.1. The molecule has 1 saturated heterocycles. The molecule has 0 atom stereocenters. The predicted octanol–water partition coefficient (Wildman–Crippen LogP) is 1.15. The zero-order chi connectivity index (χ0) is 12.4. The fraction of sp³-hybridized carbons (Fsp3) is 0.444. The fourth-order valence-corrected chi connectivity index (χ4v) is 1.88. The minimum atomic E-state index is -1.07. The minimum absolute atomic E-state index is 0.0397. The molecule has 0 saturated carbocycles. The van der Waals surface area contributed by atoms with Crippen LogP contribution in [0.1, 0.15) is 16.5 Å². The lowest BCUT2D eigenvalue weighted by atomic mass is 10.1. The summed E-state index contributed by atoms with van der Waals surface area (Å²) in [4.78, 5) is 12.7. The quantitative estimate of drug-likeness (QED) is 0.894. The molecule has 0 bridgehead atoms. The second-order valence-corrected chi connectivity index (χ2v) is 4.50. The Morgan fingerprint density at radius 3 is 2.88 bits per heavy atom. The molecule has 1 aromatic heterocycles. The van der Waals surface area contributed by atoms with Gasteiger partial charge in [-0.2, -0.15) is 0 Å². The molecule has 0 radical (unpaired) electrons. The number of likely N-dealkylation sites (tertiary alicyclic amines) is 1. The second kappa shape index (κ2) is 5.03. The van der Waals surface area contributed by atoms with Gasteiger partial charge in [-0.25, -0.2) is 9.48 Å². The number of carboxylic acids is 1. The summed E-state index contributed by atoms with van der Waals surface area (Å²) in [5.41, 5.74) is 1.30. The van der Waals surface area contributed by atoms with Gasteiger partial charge in [0.05, 0.1) is 12.2 Å². The van der Waals surface area contributed by atoms with Crippen molar-refractivity contribution in [2.75, 3.05) is 19.6 Å². The summed E-state index contributed by atoms with van der Waals surface area (Å²) in [6.07, 6.45) is 1.43. The molecule has 0 unspecified atom stereocenters. The van der Waals surface area contributed by atoms with Crippen LogP contribution in [0.3, 0.4) is 0 Å². The smallest absolute Gasteiger partial charge is 0.358 e. The summed E-state index contributed by atoms with van der Waals surface area (Å²) in [6.45, 7) is 2.11. The first-order valence-corrected chi connectivity index (χ1v) is 5.74. The van der Waals surface area contributed by atoms with E-state index in [1.165, 1.54) is 11.7 Å². The molecular formula is C9H10Cl2N4O2. The van der Waals surface area contributed by atoms with Crippen LogP contribution in [0.5, 0.6) is 0 Å². The molecule has 2 heterocycles. The first kappa shape index (κ1) is 12.3. The highest BCUT2D eigenvalue weighted by Crippen LogP contribution is 2.22. The van der Waals surface area contributed by atoms with E-state index in [2.05, 4.69) is 15.2 Å². The zero-order valence-corrected chi connectivity index (χ0v) is 10.3. The maximum Gasteiger partial charge on any atom is 0.358 e. The van der Waals surface area contributed by atoms with Gasteiger partial charge in [0.25, 0.3) is 0 Å². The van der Waals surface area contributed by atoms with Gasteiger partial charge in [0.15, 0.2) is 5.69 Å². The third-order valence-electron chi connectivity index (χ3n) is 2.53. The Kier molecular flexibility index (Phi) is 3.66. The van der Waals surface area contributed by atoms with Gasteiger partial charge >= 0.3 is 5.97 Å². The Labute approximate surface area is 107 Å². The molecule has 92 valence electrons. The Balaban J connectivity index is 1.88. The Hall–Kier alpha value is -1.11. The lowest BCUT2D eigenvalue weighted by molar-refractivity contribution is 0.0690. The van der Waals surface area contributed by atoms with Crippen molar-refractivity contribution < 1.29 is 9.90 Å². The molecule has 1 N–H and O–H groups in total. The van der Waals surface area contributed by atoms with Gasteiger partial charge < -0.3 is 5.11 Å². The number of nitrogens with zero attached hydrogens (tertiary/aromatic N) is 4. The number of aromatic nitrogens is 3. The van der Waals surface area contributed by atoms with E-state index in [1.54, 1.807) is 4.68 Å². The number of hydrogen-bond acceptors (Lipinski definition) is 4. The first-order chi connectivity index (χ1) is 8.10. The van der Waals surface area contributed by atoms with E-state index in [-0.39, 0.29) is 11.7 Å². The van der Waals surface area contributed by atoms with Crippen LogP contribution in [-0.4, -0.2) is 50.6 Å². The molecule has 1 aromatic rings. The van der Waals surface area contributed by atoms with Crippen molar-refractivity contribution in [1.29, 1.82) is 0 Å². The summed E-state index contributed by atoms with van der Waals surface area (Å²) in [5, 5.41) is 16.6. The lowest BCUT2D eigenvalue weighted by Crippen LogP contribution is -2.48. The molecule has 0 amide bonds. The minimum Gasteiger partial charge on any atom is -0.476 e. The monoisotopic (exact) mass is 276 g/mol. The van der Waals surface area contributed by atoms with E-state index in [1.807, 2.05) is 0 Å². The maximum atomic E-state index is 10.6. The zero-order valence-electron chi connectivity index (χ0n) is 8.75. The number of carbonyl (C=O) groups is 1. The summed E-state index contributed by atoms with van der Waals surface area (Å²) in [7, 11) is 0. The van der Waals surface area contributed by atoms with Crippen molar-refractivity contribution in [3.05, 3.63) is 22.5 Å². The molecule has 0 aliphatic carbocycles. The molecule has 1 fully saturated rings. The van der Waals surface area contributed by atoms with Gasteiger partial charge in [0.2, 0.25) is 0 Å². The van der Waals surface area contributed by atoms with Crippen LogP contribution in [0.25, 0.3) is 0 Å². The number of hydrogen-bond donors (Lipinski definition) is 1. The average Bonchev–Trinajstić information content (AvgIpc) is 2.71. The van der Waals surface area contributed by atoms with E-state index >= 15 is 0 Å². The molecule has 0 aromatic carbocycles. The Morgan fingerprint density at radius 1 is 1.65 bits per heavy atom. The van der Waals surface area contributed by atoms with E-state index in [4.69, 9.17) is 28.3 Å². The Morgan fingerprint density at radius 2 is 2.35 bits per heavy atom. The van der Waals surface area contributed by atoms with Crippen LogP contribution in [0.4, 0.5) is 0 Å². The van der Waals surface area contributed by atoms with Crippen molar-refractivity contribution >= 4 is 29.2 Å². The maximum absolute atomic E-state index is 10.6. The molecule has 2 rings (SSSR count). The van der Waals surface area contributed by atoms with Crippen LogP contribution >= 0.6 is 23.2 Å². The second-order valence-electron chi connectivity index (χ2n) is 3.79. The molecule has 0 spiro atoms. The van der Waals surface area contributed by atoms with Crippen LogP contribution < -0.4 is 0 Å². The lowest BCUT2D eigenvalue weighted by Gasteiger charge is -2.38. The SMILES string of the molecule is O=C(O)c1cn(C2CN(CC(Cl)=CCl)C2)nn1. The summed E-state index contributed by atoms with van der Waals surface area (Å²) in [6, 6.07) is 0.149. The number of carboxylic acid groups (broad SMARTS) is 1. The summed E-state index contributed by atoms with van der Waals surface area (Å²) in [5.74, 6) is -1.07. The van der Waals surface area contributed by atoms with E-state index < -0.39 is 5.97 Å². The Bertz CT molecular complexity index is 454. The van der Waals surface area contributed by atoms with E-state index in [0.717, 1.165) is 13.1 Å². The number of halogens is 2. The van der Waals surface area contributed by atoms with Crippen LogP contribution in [0.15, 0.2) is 16.8 Å². The highest BCUT2D eigenvalue weighted by molar-refractivity contribution is 6.36. The fourth-order valence-electron chi connectivity index (χ4n) is 1.64. The molecule has 6 nitrogen and oxygen atoms in total. The van der Waals surface area contributed by atoms with Crippen LogP contribution in [0, 0.1) is 0 Å². The molecule has 8 heteroatoms. The number of aromatic carboxylic acids is 1. The topological polar surface area (TPSA) is 71.2 Å². The van der Waals surface area contributed by atoms with Gasteiger partial charge in [0.1, 0.15) is 0 Å². The first-order valence-electron chi connectivity index (χ1n) is 4.92. The molecule has 17 heavy (non-hydrogen) atoms. The third kappa shape index (κ3) is 2.77. The predicted molar refractivity (Wildman–Crippen MR) is 62.2 cm³/mol. The van der Waals surface area contributed by atoms with Gasteiger partial charge in [-0.1, -0.05) is 28.4 Å². The highest BCUT2D eigenvalue weighted by Gasteiger charge is 2.29. The van der Waals surface area contributed by atoms with E-state index in [9.17, 15) is 4.79 Å². The largest absolute Gasteiger partial charge is 0.476 e. The third-order valence-corrected chi connectivity index (χ3v) is 3.14. The van der Waals surface area contributed by atoms with Gasteiger partial charge in [-0.15, -0.1) is 5.10 Å². The van der Waals surface area contributed by atoms with Crippen molar-refractivity contribution in [1.82, 2.24) is 19.9 Å². The molecule has 1 aliphatic heterocycles. The molecule has 1 aliphatic rings. The highest BCUT2D eigenvalue weighted by atomic mass is 35.5. The summed E-state index contributed by atoms with van der Waals surface area (Å²) >= 11 is 11.2. The van der Waals surface area contributed by atoms with Crippen molar-refractivity contribution in [3.8, 4) is 0 Å². The van der Waals surface area contributed by atoms with E-state index in [0.29, 0.717) is 11.6 Å². The molecular weight excluding hydrogens is 267 g/mol.